The summed E-state index contributed by atoms with van der Waals surface area (Å²) >= 11 is 2.15. The number of benzene rings is 1. The number of ether oxygens (including phenoxy) is 1. The van der Waals surface area contributed by atoms with Crippen molar-refractivity contribution in [3.8, 4) is 0 Å². The molecule has 6 heteroatoms. The van der Waals surface area contributed by atoms with Crippen LogP contribution in [0, 0.1) is 0 Å². The topological polar surface area (TPSA) is 43.3 Å². The molecular weight excluding hydrogens is 399 g/mol. The zero-order chi connectivity index (χ0) is 15.1. The highest BCUT2D eigenvalue weighted by molar-refractivity contribution is 14.2. The second-order valence-corrected chi connectivity index (χ2v) is 6.11. The van der Waals surface area contributed by atoms with Gasteiger partial charge in [0.1, 0.15) is 5.69 Å². The minimum Gasteiger partial charge on any atom is -0.461 e. The standard InChI is InChI=1S/C15H17IN2O2S/c1-2-20-15(19)14-13(8-9-18(14)21-16)11-17-10-12-6-4-3-5-7-12/h3-9,17H,2,10-11H2,1H3. The van der Waals surface area contributed by atoms with Gasteiger partial charge in [0, 0.05) is 49.6 Å². The molecule has 2 rings (SSSR count). The lowest BCUT2D eigenvalue weighted by molar-refractivity contribution is 0.0517. The first-order valence-electron chi connectivity index (χ1n) is 6.67. The van der Waals surface area contributed by atoms with E-state index in [4.69, 9.17) is 4.74 Å². The molecule has 2 aromatic rings. The van der Waals surface area contributed by atoms with Crippen molar-refractivity contribution in [2.75, 3.05) is 6.61 Å². The van der Waals surface area contributed by atoms with Crippen LogP contribution in [0.4, 0.5) is 0 Å². The van der Waals surface area contributed by atoms with Crippen LogP contribution >= 0.6 is 30.3 Å². The van der Waals surface area contributed by atoms with E-state index in [0.29, 0.717) is 18.8 Å². The Kier molecular flexibility index (Phi) is 6.59. The Morgan fingerprint density at radius 1 is 1.29 bits per heavy atom. The van der Waals surface area contributed by atoms with Crippen LogP contribution in [0.5, 0.6) is 0 Å². The van der Waals surface area contributed by atoms with Gasteiger partial charge in [-0.1, -0.05) is 30.3 Å². The molecule has 1 N–H and O–H groups in total. The van der Waals surface area contributed by atoms with Crippen LogP contribution in [0.25, 0.3) is 0 Å². The van der Waals surface area contributed by atoms with E-state index in [1.807, 2.05) is 41.4 Å². The molecule has 0 aliphatic heterocycles. The monoisotopic (exact) mass is 416 g/mol. The summed E-state index contributed by atoms with van der Waals surface area (Å²) in [7, 11) is 1.46. The molecule has 0 radical (unpaired) electrons. The van der Waals surface area contributed by atoms with Gasteiger partial charge in [-0.05, 0) is 24.1 Å². The summed E-state index contributed by atoms with van der Waals surface area (Å²) in [6.45, 7) is 3.60. The number of halogens is 1. The summed E-state index contributed by atoms with van der Waals surface area (Å²) in [5.74, 6) is -0.275. The molecule has 0 amide bonds. The number of hydrogen-bond donors (Lipinski definition) is 1. The number of esters is 1. The van der Waals surface area contributed by atoms with Gasteiger partial charge in [-0.15, -0.1) is 0 Å². The van der Waals surface area contributed by atoms with Crippen LogP contribution in [0.3, 0.4) is 0 Å². The van der Waals surface area contributed by atoms with Gasteiger partial charge in [0.05, 0.1) is 6.61 Å². The number of aromatic nitrogens is 1. The summed E-state index contributed by atoms with van der Waals surface area (Å²) in [5.41, 5.74) is 2.78. The molecular formula is C15H17IN2O2S. The Bertz CT molecular complexity index is 587. The van der Waals surface area contributed by atoms with Crippen LogP contribution in [0.15, 0.2) is 42.6 Å². The third kappa shape index (κ3) is 4.49. The molecule has 112 valence electrons. The highest BCUT2D eigenvalue weighted by Crippen LogP contribution is 2.23. The zero-order valence-electron chi connectivity index (χ0n) is 11.7. The molecule has 0 spiro atoms. The second-order valence-electron chi connectivity index (χ2n) is 4.39. The van der Waals surface area contributed by atoms with Crippen LogP contribution < -0.4 is 5.32 Å². The predicted octanol–water partition coefficient (Wildman–Crippen LogP) is 3.80. The molecule has 0 unspecified atom stereocenters. The van der Waals surface area contributed by atoms with Crippen molar-refractivity contribution in [2.24, 2.45) is 0 Å². The van der Waals surface area contributed by atoms with Crippen LogP contribution in [-0.4, -0.2) is 16.5 Å². The highest BCUT2D eigenvalue weighted by atomic mass is 127. The van der Waals surface area contributed by atoms with Gasteiger partial charge in [0.15, 0.2) is 0 Å². The van der Waals surface area contributed by atoms with Gasteiger partial charge in [-0.3, -0.25) is 3.97 Å². The first-order valence-corrected chi connectivity index (χ1v) is 9.99. The smallest absolute Gasteiger partial charge is 0.356 e. The second kappa shape index (κ2) is 8.45. The van der Waals surface area contributed by atoms with Crippen LogP contribution in [0.2, 0.25) is 0 Å². The molecule has 4 nitrogen and oxygen atoms in total. The lowest BCUT2D eigenvalue weighted by Gasteiger charge is -2.08. The predicted molar refractivity (Wildman–Crippen MR) is 94.4 cm³/mol. The van der Waals surface area contributed by atoms with E-state index in [1.54, 1.807) is 0 Å². The van der Waals surface area contributed by atoms with Crippen molar-refractivity contribution in [3.05, 3.63) is 59.4 Å². The van der Waals surface area contributed by atoms with Crippen molar-refractivity contribution >= 4 is 36.3 Å². The number of nitrogens with one attached hydrogen (secondary N) is 1. The third-order valence-electron chi connectivity index (χ3n) is 2.97. The summed E-state index contributed by atoms with van der Waals surface area (Å²) in [4.78, 5) is 12.1. The minimum atomic E-state index is -0.275. The van der Waals surface area contributed by atoms with Crippen molar-refractivity contribution in [1.29, 1.82) is 0 Å². The molecule has 0 fully saturated rings. The van der Waals surface area contributed by atoms with Gasteiger partial charge < -0.3 is 10.1 Å². The summed E-state index contributed by atoms with van der Waals surface area (Å²) in [6.07, 6.45) is 1.89. The Morgan fingerprint density at radius 2 is 2.05 bits per heavy atom. The van der Waals surface area contributed by atoms with Crippen molar-refractivity contribution in [2.45, 2.75) is 20.0 Å². The minimum absolute atomic E-state index is 0.275. The average molecular weight is 416 g/mol. The molecule has 0 saturated carbocycles. The molecule has 0 bridgehead atoms. The average Bonchev–Trinajstić information content (AvgIpc) is 2.91. The van der Waals surface area contributed by atoms with E-state index in [1.165, 1.54) is 14.7 Å². The van der Waals surface area contributed by atoms with E-state index in [-0.39, 0.29) is 5.97 Å². The summed E-state index contributed by atoms with van der Waals surface area (Å²) in [6, 6.07) is 12.1. The van der Waals surface area contributed by atoms with Crippen molar-refractivity contribution in [1.82, 2.24) is 9.29 Å². The van der Waals surface area contributed by atoms with E-state index in [2.05, 4.69) is 38.7 Å². The fourth-order valence-electron chi connectivity index (χ4n) is 2.01. The molecule has 0 aliphatic carbocycles. The molecule has 0 atom stereocenters. The normalized spacial score (nSPS) is 10.6. The number of nitrogens with zero attached hydrogens (tertiary/aromatic N) is 1. The third-order valence-corrected chi connectivity index (χ3v) is 4.69. The van der Waals surface area contributed by atoms with Gasteiger partial charge in [0.2, 0.25) is 0 Å². The fourth-order valence-corrected chi connectivity index (χ4v) is 3.36. The number of carbonyl (C=O) groups is 1. The van der Waals surface area contributed by atoms with Crippen molar-refractivity contribution < 1.29 is 9.53 Å². The Hall–Kier alpha value is -0.990. The van der Waals surface area contributed by atoms with E-state index in [9.17, 15) is 4.79 Å². The van der Waals surface area contributed by atoms with Crippen LogP contribution in [0.1, 0.15) is 28.5 Å². The van der Waals surface area contributed by atoms with E-state index in [0.717, 1.165) is 12.1 Å². The van der Waals surface area contributed by atoms with Gasteiger partial charge in [0.25, 0.3) is 0 Å². The number of hydrogen-bond acceptors (Lipinski definition) is 4. The van der Waals surface area contributed by atoms with Gasteiger partial charge in [-0.2, -0.15) is 0 Å². The highest BCUT2D eigenvalue weighted by Gasteiger charge is 2.18. The largest absolute Gasteiger partial charge is 0.461 e. The molecule has 0 saturated heterocycles. The first-order chi connectivity index (χ1) is 10.3. The maximum atomic E-state index is 12.1. The Balaban J connectivity index is 2.02. The molecule has 1 aromatic heterocycles. The summed E-state index contributed by atoms with van der Waals surface area (Å²) < 4.78 is 6.96. The molecule has 0 aliphatic rings. The Labute approximate surface area is 141 Å². The quantitative estimate of drug-likeness (QED) is 0.551. The molecule has 21 heavy (non-hydrogen) atoms. The van der Waals surface area contributed by atoms with Crippen molar-refractivity contribution in [3.63, 3.8) is 0 Å². The maximum absolute atomic E-state index is 12.1. The van der Waals surface area contributed by atoms with E-state index < -0.39 is 0 Å². The maximum Gasteiger partial charge on any atom is 0.356 e. The zero-order valence-corrected chi connectivity index (χ0v) is 14.7. The van der Waals surface area contributed by atoms with E-state index >= 15 is 0 Å². The number of carbonyl (C=O) groups excluding carboxylic acids is 1. The number of rotatable bonds is 7. The Morgan fingerprint density at radius 3 is 2.71 bits per heavy atom. The lowest BCUT2D eigenvalue weighted by atomic mass is 10.2. The molecule has 1 heterocycles. The van der Waals surface area contributed by atoms with Gasteiger partial charge in [-0.25, -0.2) is 4.79 Å². The lowest BCUT2D eigenvalue weighted by Crippen LogP contribution is -2.17. The summed E-state index contributed by atoms with van der Waals surface area (Å²) in [5, 5.41) is 3.36. The molecule has 1 aromatic carbocycles. The van der Waals surface area contributed by atoms with Crippen LogP contribution in [-0.2, 0) is 17.8 Å². The fraction of sp³-hybridized carbons (Fsp3) is 0.267. The SMILES string of the molecule is CCOC(=O)c1c(CNCc2ccccc2)ccn1SI. The first kappa shape index (κ1) is 16.4. The van der Waals surface area contributed by atoms with Gasteiger partial charge >= 0.3 is 5.97 Å².